The molecule has 1 heterocycles. The summed E-state index contributed by atoms with van der Waals surface area (Å²) in [6, 6.07) is 8.91. The summed E-state index contributed by atoms with van der Waals surface area (Å²) in [4.78, 5) is 11.6. The molecule has 6 heteroatoms. The highest BCUT2D eigenvalue weighted by molar-refractivity contribution is 9.10. The molecule has 18 heavy (non-hydrogen) atoms. The van der Waals surface area contributed by atoms with Gasteiger partial charge in [-0.25, -0.2) is 4.68 Å². The van der Waals surface area contributed by atoms with E-state index in [0.29, 0.717) is 5.69 Å². The van der Waals surface area contributed by atoms with Crippen LogP contribution in [0.5, 0.6) is 0 Å². The molecule has 1 aromatic carbocycles. The van der Waals surface area contributed by atoms with Crippen molar-refractivity contribution in [2.75, 3.05) is 0 Å². The van der Waals surface area contributed by atoms with Gasteiger partial charge in [-0.15, -0.1) is 0 Å². The minimum Gasteiger partial charge on any atom is -0.382 e. The lowest BCUT2D eigenvalue weighted by Crippen LogP contribution is -2.27. The first-order valence-electron chi connectivity index (χ1n) is 5.20. The Morgan fingerprint density at radius 1 is 1.44 bits per heavy atom. The molecule has 0 aliphatic rings. The van der Waals surface area contributed by atoms with E-state index < -0.39 is 0 Å². The van der Waals surface area contributed by atoms with Gasteiger partial charge in [-0.2, -0.15) is 5.10 Å². The third-order valence-electron chi connectivity index (χ3n) is 2.42. The van der Waals surface area contributed by atoms with Crippen molar-refractivity contribution in [2.24, 2.45) is 5.73 Å². The Hall–Kier alpha value is -1.95. The molecule has 2 rings (SSSR count). The molecule has 1 aromatic heterocycles. The maximum absolute atomic E-state index is 11.6. The molecule has 0 saturated heterocycles. The van der Waals surface area contributed by atoms with Crippen LogP contribution in [0.4, 0.5) is 0 Å². The zero-order valence-electron chi connectivity index (χ0n) is 9.64. The van der Waals surface area contributed by atoms with Gasteiger partial charge in [0.25, 0.3) is 0 Å². The van der Waals surface area contributed by atoms with Crippen LogP contribution in [0.25, 0.3) is 5.69 Å². The Balaban J connectivity index is 2.68. The van der Waals surface area contributed by atoms with Crippen LogP contribution >= 0.6 is 15.9 Å². The van der Waals surface area contributed by atoms with E-state index in [1.807, 2.05) is 24.3 Å². The second kappa shape index (κ2) is 4.73. The molecule has 0 aliphatic carbocycles. The van der Waals surface area contributed by atoms with Gasteiger partial charge in [-0.05, 0) is 25.1 Å². The first-order chi connectivity index (χ1) is 8.49. The van der Waals surface area contributed by atoms with E-state index >= 15 is 0 Å². The molecule has 0 amide bonds. The predicted molar refractivity (Wildman–Crippen MR) is 73.3 cm³/mol. The van der Waals surface area contributed by atoms with E-state index in [2.05, 4.69) is 21.0 Å². The van der Waals surface area contributed by atoms with E-state index in [-0.39, 0.29) is 17.0 Å². The Kier molecular flexibility index (Phi) is 3.29. The van der Waals surface area contributed by atoms with E-state index in [0.717, 1.165) is 10.2 Å². The maximum atomic E-state index is 11.6. The van der Waals surface area contributed by atoms with Crippen molar-refractivity contribution in [3.8, 4) is 5.69 Å². The zero-order valence-corrected chi connectivity index (χ0v) is 11.2. The number of nitrogens with two attached hydrogens (primary N) is 1. The number of hydrogen-bond donors (Lipinski definition) is 2. The van der Waals surface area contributed by atoms with Crippen molar-refractivity contribution in [3.05, 3.63) is 56.4 Å². The molecule has 2 aromatic rings. The second-order valence-electron chi connectivity index (χ2n) is 3.80. The smallest absolute Gasteiger partial charge is 0.211 e. The van der Waals surface area contributed by atoms with E-state index in [1.165, 1.54) is 6.07 Å². The molecule has 92 valence electrons. The van der Waals surface area contributed by atoms with Crippen LogP contribution in [0.3, 0.4) is 0 Å². The standard InChI is InChI=1S/C12H11BrN4O/c1-7-5-10(18)11(12(14)15)16-17(7)9-4-2-3-8(13)6-9/h2-6H,1H3,(H3,14,15). The largest absolute Gasteiger partial charge is 0.382 e. The third kappa shape index (κ3) is 2.33. The van der Waals surface area contributed by atoms with Crippen LogP contribution in [0.2, 0.25) is 0 Å². The van der Waals surface area contributed by atoms with Gasteiger partial charge >= 0.3 is 0 Å². The first-order valence-corrected chi connectivity index (χ1v) is 5.99. The summed E-state index contributed by atoms with van der Waals surface area (Å²) in [5, 5.41) is 11.5. The minimum absolute atomic E-state index is 0.0411. The number of nitrogens with one attached hydrogen (secondary N) is 1. The quantitative estimate of drug-likeness (QED) is 0.652. The third-order valence-corrected chi connectivity index (χ3v) is 2.91. The van der Waals surface area contributed by atoms with Crippen molar-refractivity contribution in [3.63, 3.8) is 0 Å². The Labute approximate surface area is 112 Å². The maximum Gasteiger partial charge on any atom is 0.211 e. The number of amidine groups is 1. The highest BCUT2D eigenvalue weighted by atomic mass is 79.9. The van der Waals surface area contributed by atoms with Gasteiger partial charge in [0, 0.05) is 16.2 Å². The van der Waals surface area contributed by atoms with E-state index in [1.54, 1.807) is 11.6 Å². The molecule has 0 fully saturated rings. The molecule has 5 nitrogen and oxygen atoms in total. The summed E-state index contributed by atoms with van der Waals surface area (Å²) < 4.78 is 2.49. The molecule has 0 saturated carbocycles. The van der Waals surface area contributed by atoms with Crippen LogP contribution in [-0.4, -0.2) is 15.6 Å². The van der Waals surface area contributed by atoms with Crippen LogP contribution in [0.1, 0.15) is 11.4 Å². The first kappa shape index (κ1) is 12.5. The number of aryl methyl sites for hydroxylation is 1. The molecular weight excluding hydrogens is 296 g/mol. The molecule has 0 radical (unpaired) electrons. The van der Waals surface area contributed by atoms with Gasteiger partial charge in [-0.1, -0.05) is 22.0 Å². The van der Waals surface area contributed by atoms with Gasteiger partial charge in [0.2, 0.25) is 5.43 Å². The molecule has 0 bridgehead atoms. The van der Waals surface area contributed by atoms with Gasteiger partial charge < -0.3 is 5.73 Å². The lowest BCUT2D eigenvalue weighted by molar-refractivity contribution is 0.791. The fraction of sp³-hybridized carbons (Fsp3) is 0.0833. The van der Waals surface area contributed by atoms with Crippen molar-refractivity contribution in [1.82, 2.24) is 9.78 Å². The average molecular weight is 307 g/mol. The molecule has 0 atom stereocenters. The highest BCUT2D eigenvalue weighted by Crippen LogP contribution is 2.15. The summed E-state index contributed by atoms with van der Waals surface area (Å²) in [5.41, 5.74) is 6.44. The summed E-state index contributed by atoms with van der Waals surface area (Å²) in [7, 11) is 0. The number of benzene rings is 1. The fourth-order valence-corrected chi connectivity index (χ4v) is 1.99. The summed E-state index contributed by atoms with van der Waals surface area (Å²) in [6.45, 7) is 1.78. The summed E-state index contributed by atoms with van der Waals surface area (Å²) >= 11 is 3.38. The molecule has 0 unspecified atom stereocenters. The minimum atomic E-state index is -0.341. The SMILES string of the molecule is Cc1cc(=O)c(C(=N)N)nn1-c1cccc(Br)c1. The molecule has 3 N–H and O–H groups in total. The van der Waals surface area contributed by atoms with Crippen LogP contribution in [0.15, 0.2) is 39.6 Å². The fourth-order valence-electron chi connectivity index (χ4n) is 1.60. The van der Waals surface area contributed by atoms with Gasteiger partial charge in [0.1, 0.15) is 5.84 Å². The number of rotatable bonds is 2. The lowest BCUT2D eigenvalue weighted by Gasteiger charge is -2.10. The molecular formula is C12H11BrN4O. The number of aromatic nitrogens is 2. The van der Waals surface area contributed by atoms with E-state index in [4.69, 9.17) is 11.1 Å². The van der Waals surface area contributed by atoms with Gasteiger partial charge in [-0.3, -0.25) is 10.2 Å². The van der Waals surface area contributed by atoms with Gasteiger partial charge in [0.05, 0.1) is 5.69 Å². The summed E-state index contributed by atoms with van der Waals surface area (Å²) in [6.07, 6.45) is 0. The number of nitrogen functional groups attached to an aromatic ring is 1. The number of halogens is 1. The zero-order chi connectivity index (χ0) is 13.3. The van der Waals surface area contributed by atoms with Crippen molar-refractivity contribution in [1.29, 1.82) is 5.41 Å². The van der Waals surface area contributed by atoms with Gasteiger partial charge in [0.15, 0.2) is 5.69 Å². The van der Waals surface area contributed by atoms with Crippen LogP contribution < -0.4 is 11.2 Å². The lowest BCUT2D eigenvalue weighted by atomic mass is 10.3. The van der Waals surface area contributed by atoms with Crippen molar-refractivity contribution >= 4 is 21.8 Å². The average Bonchev–Trinajstić information content (AvgIpc) is 2.28. The normalized spacial score (nSPS) is 10.3. The Morgan fingerprint density at radius 2 is 2.17 bits per heavy atom. The monoisotopic (exact) mass is 306 g/mol. The molecule has 0 spiro atoms. The molecule has 0 aliphatic heterocycles. The second-order valence-corrected chi connectivity index (χ2v) is 4.72. The number of hydrogen-bond acceptors (Lipinski definition) is 3. The predicted octanol–water partition coefficient (Wildman–Crippen LogP) is 1.59. The summed E-state index contributed by atoms with van der Waals surface area (Å²) in [5.74, 6) is -0.330. The highest BCUT2D eigenvalue weighted by Gasteiger charge is 2.09. The van der Waals surface area contributed by atoms with Crippen LogP contribution in [0, 0.1) is 12.3 Å². The van der Waals surface area contributed by atoms with Crippen molar-refractivity contribution in [2.45, 2.75) is 6.92 Å². The van der Waals surface area contributed by atoms with E-state index in [9.17, 15) is 4.79 Å². The van der Waals surface area contributed by atoms with Crippen LogP contribution in [-0.2, 0) is 0 Å². The van der Waals surface area contributed by atoms with Crippen molar-refractivity contribution < 1.29 is 0 Å². The topological polar surface area (TPSA) is 84.8 Å². The number of nitrogens with zero attached hydrogens (tertiary/aromatic N) is 2. The Bertz CT molecular complexity index is 678. The Morgan fingerprint density at radius 3 is 2.78 bits per heavy atom.